The van der Waals surface area contributed by atoms with E-state index >= 15 is 0 Å². The van der Waals surface area contributed by atoms with E-state index < -0.39 is 0 Å². The monoisotopic (exact) mass is 389 g/mol. The minimum absolute atomic E-state index is 0.406. The molecule has 0 aliphatic heterocycles. The van der Waals surface area contributed by atoms with Gasteiger partial charge in [0.05, 0.1) is 0 Å². The number of nitrogens with two attached hydrogens (primary N) is 1. The number of benzene rings is 3. The molecule has 152 valence electrons. The fourth-order valence-corrected chi connectivity index (χ4v) is 2.74. The number of allylic oxidation sites excluding steroid dienone is 1. The van der Waals surface area contributed by atoms with E-state index in [2.05, 4.69) is 25.6 Å². The SMILES string of the molecule is C=C(C)c1cc(OCc2ccccc2C)cc(OCc2ccccc2N)c1.CC. The van der Waals surface area contributed by atoms with Crippen LogP contribution in [-0.2, 0) is 13.2 Å². The van der Waals surface area contributed by atoms with Crippen LogP contribution in [0.25, 0.3) is 5.57 Å². The summed E-state index contributed by atoms with van der Waals surface area (Å²) in [4.78, 5) is 0. The van der Waals surface area contributed by atoms with Crippen molar-refractivity contribution < 1.29 is 9.47 Å². The van der Waals surface area contributed by atoms with Crippen molar-refractivity contribution in [2.45, 2.75) is 40.9 Å². The summed E-state index contributed by atoms with van der Waals surface area (Å²) in [5.41, 5.74) is 12.0. The van der Waals surface area contributed by atoms with Crippen molar-refractivity contribution in [1.29, 1.82) is 0 Å². The summed E-state index contributed by atoms with van der Waals surface area (Å²) in [6.07, 6.45) is 0. The molecule has 3 nitrogen and oxygen atoms in total. The van der Waals surface area contributed by atoms with Crippen molar-refractivity contribution in [3.63, 3.8) is 0 Å². The Morgan fingerprint density at radius 3 is 1.90 bits per heavy atom. The highest BCUT2D eigenvalue weighted by Crippen LogP contribution is 2.28. The first-order chi connectivity index (χ1) is 14.0. The number of nitrogen functional groups attached to an aromatic ring is 1. The summed E-state index contributed by atoms with van der Waals surface area (Å²) in [7, 11) is 0. The van der Waals surface area contributed by atoms with Crippen LogP contribution in [0, 0.1) is 6.92 Å². The van der Waals surface area contributed by atoms with E-state index in [0.717, 1.165) is 39.4 Å². The lowest BCUT2D eigenvalue weighted by molar-refractivity contribution is 0.290. The number of hydrogen-bond acceptors (Lipinski definition) is 3. The summed E-state index contributed by atoms with van der Waals surface area (Å²) in [6, 6.07) is 21.8. The Kier molecular flexibility index (Phi) is 8.35. The average Bonchev–Trinajstić information content (AvgIpc) is 2.74. The molecule has 0 bridgehead atoms. The molecule has 3 rings (SSSR count). The first kappa shape index (κ1) is 22.1. The number of rotatable bonds is 7. The maximum Gasteiger partial charge on any atom is 0.124 e. The zero-order valence-corrected chi connectivity index (χ0v) is 17.9. The maximum absolute atomic E-state index is 6.03. The molecule has 3 aromatic rings. The van der Waals surface area contributed by atoms with Gasteiger partial charge in [0.2, 0.25) is 0 Å². The Labute approximate surface area is 174 Å². The highest BCUT2D eigenvalue weighted by molar-refractivity contribution is 5.64. The van der Waals surface area contributed by atoms with E-state index in [1.807, 2.05) is 75.4 Å². The van der Waals surface area contributed by atoms with Crippen molar-refractivity contribution in [1.82, 2.24) is 0 Å². The summed E-state index contributed by atoms with van der Waals surface area (Å²) < 4.78 is 12.0. The molecular weight excluding hydrogens is 358 g/mol. The van der Waals surface area contributed by atoms with Gasteiger partial charge in [-0.05, 0) is 48.7 Å². The standard InChI is InChI=1S/C24H25NO2.C2H6/c1-17(2)21-12-22(26-15-19-9-5-4-8-18(19)3)14-23(13-21)27-16-20-10-6-7-11-24(20)25;1-2/h4-14H,1,15-16,25H2,2-3H3;1-2H3. The Hall–Kier alpha value is -3.20. The minimum Gasteiger partial charge on any atom is -0.489 e. The lowest BCUT2D eigenvalue weighted by atomic mass is 10.1. The predicted octanol–water partition coefficient (Wildman–Crippen LogP) is 6.79. The van der Waals surface area contributed by atoms with E-state index in [1.165, 1.54) is 5.56 Å². The molecule has 0 aromatic heterocycles. The molecule has 29 heavy (non-hydrogen) atoms. The Morgan fingerprint density at radius 2 is 1.34 bits per heavy atom. The van der Waals surface area contributed by atoms with Crippen molar-refractivity contribution in [2.75, 3.05) is 5.73 Å². The second kappa shape index (κ2) is 11.0. The predicted molar refractivity (Wildman–Crippen MR) is 123 cm³/mol. The van der Waals surface area contributed by atoms with Gasteiger partial charge < -0.3 is 15.2 Å². The molecule has 0 aliphatic rings. The van der Waals surface area contributed by atoms with Crippen molar-refractivity contribution >= 4 is 11.3 Å². The molecular formula is C26H31NO2. The molecule has 0 heterocycles. The van der Waals surface area contributed by atoms with E-state index in [1.54, 1.807) is 0 Å². The Morgan fingerprint density at radius 1 is 0.828 bits per heavy atom. The van der Waals surface area contributed by atoms with Gasteiger partial charge in [-0.3, -0.25) is 0 Å². The molecule has 3 aromatic carbocycles. The van der Waals surface area contributed by atoms with Crippen LogP contribution in [0.4, 0.5) is 5.69 Å². The average molecular weight is 390 g/mol. The fourth-order valence-electron chi connectivity index (χ4n) is 2.74. The molecule has 0 aliphatic carbocycles. The van der Waals surface area contributed by atoms with Crippen molar-refractivity contribution in [2.24, 2.45) is 0 Å². The van der Waals surface area contributed by atoms with E-state index in [9.17, 15) is 0 Å². The Bertz CT molecular complexity index is 879. The molecule has 0 spiro atoms. The number of hydrogen-bond donors (Lipinski definition) is 1. The van der Waals surface area contributed by atoms with Gasteiger partial charge in [-0.15, -0.1) is 0 Å². The van der Waals surface area contributed by atoms with Gasteiger partial charge in [-0.2, -0.15) is 0 Å². The zero-order valence-electron chi connectivity index (χ0n) is 17.9. The molecule has 0 atom stereocenters. The number of para-hydroxylation sites is 1. The van der Waals surface area contributed by atoms with Crippen LogP contribution >= 0.6 is 0 Å². The fraction of sp³-hybridized carbons (Fsp3) is 0.231. The van der Waals surface area contributed by atoms with Crippen molar-refractivity contribution in [3.05, 3.63) is 95.6 Å². The highest BCUT2D eigenvalue weighted by Gasteiger charge is 2.07. The normalized spacial score (nSPS) is 9.93. The largest absolute Gasteiger partial charge is 0.489 e. The molecule has 2 N–H and O–H groups in total. The smallest absolute Gasteiger partial charge is 0.124 e. The third-order valence-corrected chi connectivity index (χ3v) is 4.48. The third-order valence-electron chi connectivity index (χ3n) is 4.48. The van der Waals surface area contributed by atoms with Gasteiger partial charge >= 0.3 is 0 Å². The third kappa shape index (κ3) is 6.42. The molecule has 0 unspecified atom stereocenters. The van der Waals surface area contributed by atoms with Crippen LogP contribution in [0.5, 0.6) is 11.5 Å². The zero-order chi connectivity index (χ0) is 21.2. The Balaban J connectivity index is 0.00000145. The molecule has 0 saturated carbocycles. The van der Waals surface area contributed by atoms with Crippen LogP contribution in [0.2, 0.25) is 0 Å². The van der Waals surface area contributed by atoms with Gasteiger partial charge in [0, 0.05) is 17.3 Å². The second-order valence-corrected chi connectivity index (χ2v) is 6.68. The van der Waals surface area contributed by atoms with Crippen LogP contribution in [0.3, 0.4) is 0 Å². The van der Waals surface area contributed by atoms with Gasteiger partial charge in [0.25, 0.3) is 0 Å². The topological polar surface area (TPSA) is 44.5 Å². The number of anilines is 1. The maximum atomic E-state index is 6.03. The van der Waals surface area contributed by atoms with Gasteiger partial charge in [0.15, 0.2) is 0 Å². The molecule has 3 heteroatoms. The quantitative estimate of drug-likeness (QED) is 0.452. The molecule has 0 saturated heterocycles. The van der Waals surface area contributed by atoms with E-state index in [4.69, 9.17) is 15.2 Å². The van der Waals surface area contributed by atoms with Gasteiger partial charge in [-0.25, -0.2) is 0 Å². The summed E-state index contributed by atoms with van der Waals surface area (Å²) in [5.74, 6) is 1.49. The summed E-state index contributed by atoms with van der Waals surface area (Å²) in [5, 5.41) is 0. The van der Waals surface area contributed by atoms with Crippen LogP contribution in [0.15, 0.2) is 73.3 Å². The molecule has 0 radical (unpaired) electrons. The lowest BCUT2D eigenvalue weighted by Gasteiger charge is -2.14. The van der Waals surface area contributed by atoms with Crippen LogP contribution in [-0.4, -0.2) is 0 Å². The first-order valence-corrected chi connectivity index (χ1v) is 9.97. The molecule has 0 fully saturated rings. The van der Waals surface area contributed by atoms with Crippen LogP contribution in [0.1, 0.15) is 43.0 Å². The van der Waals surface area contributed by atoms with Crippen LogP contribution < -0.4 is 15.2 Å². The van der Waals surface area contributed by atoms with Gasteiger partial charge in [0.1, 0.15) is 24.7 Å². The number of ether oxygens (including phenoxy) is 2. The van der Waals surface area contributed by atoms with Crippen molar-refractivity contribution in [3.8, 4) is 11.5 Å². The van der Waals surface area contributed by atoms with E-state index in [-0.39, 0.29) is 0 Å². The second-order valence-electron chi connectivity index (χ2n) is 6.68. The highest BCUT2D eigenvalue weighted by atomic mass is 16.5. The van der Waals surface area contributed by atoms with Gasteiger partial charge in [-0.1, -0.05) is 68.5 Å². The van der Waals surface area contributed by atoms with E-state index in [0.29, 0.717) is 13.2 Å². The molecule has 0 amide bonds. The minimum atomic E-state index is 0.406. The lowest BCUT2D eigenvalue weighted by Crippen LogP contribution is -2.01. The number of aryl methyl sites for hydroxylation is 1. The first-order valence-electron chi connectivity index (χ1n) is 9.97. The summed E-state index contributed by atoms with van der Waals surface area (Å²) in [6.45, 7) is 13.0. The summed E-state index contributed by atoms with van der Waals surface area (Å²) >= 11 is 0.